The molecule has 0 saturated carbocycles. The molecule has 0 spiro atoms. The number of aromatic nitrogens is 1. The molecule has 1 aliphatic rings. The molecular formula is C25H26ClN5O4. The minimum Gasteiger partial charge on any atom is -0.491 e. The van der Waals surface area contributed by atoms with Gasteiger partial charge in [0.1, 0.15) is 25.0 Å². The number of rotatable bonds is 7. The maximum atomic E-state index is 11.8. The Morgan fingerprint density at radius 3 is 2.69 bits per heavy atom. The molecule has 3 aromatic rings. The van der Waals surface area contributed by atoms with Gasteiger partial charge in [0.25, 0.3) is 0 Å². The molecule has 2 heterocycles. The Hall–Kier alpha value is -3.85. The summed E-state index contributed by atoms with van der Waals surface area (Å²) < 4.78 is 16.0. The number of aryl methyl sites for hydroxylation is 1. The molecule has 182 valence electrons. The topological polar surface area (TPSA) is 92.8 Å². The van der Waals surface area contributed by atoms with E-state index < -0.39 is 5.97 Å². The molecule has 9 nitrogen and oxygen atoms in total. The van der Waals surface area contributed by atoms with E-state index in [0.717, 1.165) is 22.6 Å². The smallest absolute Gasteiger partial charge is 0.360 e. The third kappa shape index (κ3) is 5.99. The number of esters is 1. The standard InChI is InChI=1S/C25H26ClN5O4/c1-16(2)35-22-10-9-20(11-17(22)3)28-24-27-14-31(25-29-21(13-34-25)23(32)33-4)15-30(24)12-18-5-7-19(26)8-6-18/h5-11,13-14,16H,12,15H2,1-4H3. The van der Waals surface area contributed by atoms with Crippen molar-refractivity contribution in [3.63, 3.8) is 0 Å². The van der Waals surface area contributed by atoms with Crippen molar-refractivity contribution in [3.8, 4) is 5.75 Å². The highest BCUT2D eigenvalue weighted by atomic mass is 35.5. The maximum absolute atomic E-state index is 11.8. The van der Waals surface area contributed by atoms with E-state index in [9.17, 15) is 4.79 Å². The number of carbonyl (C=O) groups is 1. The third-order valence-corrected chi connectivity index (χ3v) is 5.34. The molecule has 2 aromatic carbocycles. The number of ether oxygens (including phenoxy) is 2. The summed E-state index contributed by atoms with van der Waals surface area (Å²) in [5.41, 5.74) is 2.85. The van der Waals surface area contributed by atoms with Crippen molar-refractivity contribution in [1.82, 2.24) is 9.88 Å². The van der Waals surface area contributed by atoms with Crippen LogP contribution >= 0.6 is 11.6 Å². The molecule has 1 aliphatic heterocycles. The zero-order valence-corrected chi connectivity index (χ0v) is 20.7. The molecule has 0 bridgehead atoms. The average Bonchev–Trinajstić information content (AvgIpc) is 3.33. The highest BCUT2D eigenvalue weighted by Gasteiger charge is 2.24. The number of halogens is 1. The van der Waals surface area contributed by atoms with Crippen LogP contribution in [-0.4, -0.2) is 48.0 Å². The normalized spacial score (nSPS) is 14.6. The van der Waals surface area contributed by atoms with E-state index in [2.05, 4.69) is 9.98 Å². The van der Waals surface area contributed by atoms with Gasteiger partial charge in [0.2, 0.25) is 5.96 Å². The summed E-state index contributed by atoms with van der Waals surface area (Å²) in [5, 5.41) is 0.662. The van der Waals surface area contributed by atoms with Gasteiger partial charge < -0.3 is 18.8 Å². The van der Waals surface area contributed by atoms with Gasteiger partial charge in [-0.05, 0) is 62.2 Å². The Morgan fingerprint density at radius 2 is 2.00 bits per heavy atom. The lowest BCUT2D eigenvalue weighted by Crippen LogP contribution is -2.44. The first-order chi connectivity index (χ1) is 16.8. The fourth-order valence-electron chi connectivity index (χ4n) is 3.43. The number of methoxy groups -OCH3 is 1. The fourth-order valence-corrected chi connectivity index (χ4v) is 3.55. The minimum atomic E-state index is -0.575. The molecule has 0 unspecified atom stereocenters. The fraction of sp³-hybridized carbons (Fsp3) is 0.280. The number of nitrogens with zero attached hydrogens (tertiary/aromatic N) is 5. The van der Waals surface area contributed by atoms with Crippen molar-refractivity contribution in [1.29, 1.82) is 0 Å². The molecular weight excluding hydrogens is 470 g/mol. The molecule has 10 heteroatoms. The van der Waals surface area contributed by atoms with Gasteiger partial charge in [-0.25, -0.2) is 14.8 Å². The monoisotopic (exact) mass is 495 g/mol. The van der Waals surface area contributed by atoms with Crippen molar-refractivity contribution in [2.75, 3.05) is 18.7 Å². The number of carbonyl (C=O) groups excluding carboxylic acids is 1. The van der Waals surface area contributed by atoms with Crippen LogP contribution in [0.3, 0.4) is 0 Å². The van der Waals surface area contributed by atoms with Crippen LogP contribution in [0.4, 0.5) is 11.7 Å². The molecule has 0 radical (unpaired) electrons. The number of aliphatic imine (C=N–C) groups is 2. The van der Waals surface area contributed by atoms with Crippen LogP contribution in [0.25, 0.3) is 0 Å². The molecule has 0 amide bonds. The summed E-state index contributed by atoms with van der Waals surface area (Å²) in [6.45, 7) is 6.83. The van der Waals surface area contributed by atoms with Crippen LogP contribution in [0, 0.1) is 6.92 Å². The van der Waals surface area contributed by atoms with Crippen LogP contribution in [0.2, 0.25) is 5.02 Å². The third-order valence-electron chi connectivity index (χ3n) is 5.09. The largest absolute Gasteiger partial charge is 0.491 e. The molecule has 35 heavy (non-hydrogen) atoms. The van der Waals surface area contributed by atoms with Crippen LogP contribution in [0.15, 0.2) is 63.1 Å². The van der Waals surface area contributed by atoms with E-state index in [1.807, 2.05) is 68.1 Å². The molecule has 0 N–H and O–H groups in total. The summed E-state index contributed by atoms with van der Waals surface area (Å²) in [4.78, 5) is 29.0. The van der Waals surface area contributed by atoms with Crippen LogP contribution in [-0.2, 0) is 11.3 Å². The van der Waals surface area contributed by atoms with Gasteiger partial charge in [-0.1, -0.05) is 23.7 Å². The van der Waals surface area contributed by atoms with Gasteiger partial charge in [-0.3, -0.25) is 4.90 Å². The van der Waals surface area contributed by atoms with Crippen LogP contribution in [0.1, 0.15) is 35.5 Å². The van der Waals surface area contributed by atoms with E-state index >= 15 is 0 Å². The van der Waals surface area contributed by atoms with Crippen LogP contribution in [0.5, 0.6) is 5.75 Å². The Balaban J connectivity index is 1.63. The van der Waals surface area contributed by atoms with E-state index in [1.165, 1.54) is 13.4 Å². The molecule has 0 saturated heterocycles. The zero-order chi connectivity index (χ0) is 24.9. The zero-order valence-electron chi connectivity index (χ0n) is 19.9. The van der Waals surface area contributed by atoms with Crippen molar-refractivity contribution in [2.45, 2.75) is 33.4 Å². The second kappa shape index (κ2) is 10.6. The SMILES string of the molecule is COC(=O)c1coc(N2C=NC(=Nc3ccc(OC(C)C)c(C)c3)N(Cc3ccc(Cl)cc3)C2)n1. The van der Waals surface area contributed by atoms with Crippen molar-refractivity contribution in [2.24, 2.45) is 9.98 Å². The summed E-state index contributed by atoms with van der Waals surface area (Å²) in [7, 11) is 1.29. The first kappa shape index (κ1) is 24.3. The lowest BCUT2D eigenvalue weighted by atomic mass is 10.2. The van der Waals surface area contributed by atoms with Crippen molar-refractivity contribution in [3.05, 3.63) is 70.6 Å². The van der Waals surface area contributed by atoms with Gasteiger partial charge in [-0.15, -0.1) is 0 Å². The van der Waals surface area contributed by atoms with E-state index in [0.29, 0.717) is 24.2 Å². The lowest BCUT2D eigenvalue weighted by Gasteiger charge is -2.31. The summed E-state index contributed by atoms with van der Waals surface area (Å²) in [5.74, 6) is 0.771. The first-order valence-electron chi connectivity index (χ1n) is 11.0. The molecule has 0 aliphatic carbocycles. The second-order valence-corrected chi connectivity index (χ2v) is 8.65. The summed E-state index contributed by atoms with van der Waals surface area (Å²) in [6, 6.07) is 13.6. The Kier molecular flexibility index (Phi) is 7.36. The average molecular weight is 496 g/mol. The predicted molar refractivity (Wildman–Crippen MR) is 135 cm³/mol. The molecule has 1 aromatic heterocycles. The Bertz CT molecular complexity index is 1250. The Morgan fingerprint density at radius 1 is 1.23 bits per heavy atom. The van der Waals surface area contributed by atoms with E-state index in [4.69, 9.17) is 30.5 Å². The van der Waals surface area contributed by atoms with Gasteiger partial charge in [0.15, 0.2) is 5.69 Å². The summed E-state index contributed by atoms with van der Waals surface area (Å²) >= 11 is 6.05. The minimum absolute atomic E-state index is 0.0822. The number of anilines is 1. The number of oxazole rings is 1. The number of benzene rings is 2. The van der Waals surface area contributed by atoms with Crippen molar-refractivity contribution < 1.29 is 18.7 Å². The molecule has 4 rings (SSSR count). The van der Waals surface area contributed by atoms with Gasteiger partial charge in [0.05, 0.1) is 18.9 Å². The van der Waals surface area contributed by atoms with E-state index in [1.54, 1.807) is 11.2 Å². The van der Waals surface area contributed by atoms with Gasteiger partial charge in [-0.2, -0.15) is 4.98 Å². The lowest BCUT2D eigenvalue weighted by molar-refractivity contribution is 0.0594. The summed E-state index contributed by atoms with van der Waals surface area (Å²) in [6.07, 6.45) is 2.92. The number of hydrogen-bond acceptors (Lipinski definition) is 7. The molecule has 0 fully saturated rings. The number of hydrogen-bond donors (Lipinski definition) is 0. The highest BCUT2D eigenvalue weighted by Crippen LogP contribution is 2.26. The van der Waals surface area contributed by atoms with Crippen molar-refractivity contribution >= 4 is 41.6 Å². The maximum Gasteiger partial charge on any atom is 0.360 e. The predicted octanol–water partition coefficient (Wildman–Crippen LogP) is 5.21. The molecule has 0 atom stereocenters. The van der Waals surface area contributed by atoms with Gasteiger partial charge in [0, 0.05) is 11.6 Å². The Labute approximate surface area is 208 Å². The second-order valence-electron chi connectivity index (χ2n) is 8.22. The van der Waals surface area contributed by atoms with Crippen LogP contribution < -0.4 is 9.64 Å². The van der Waals surface area contributed by atoms with Gasteiger partial charge >= 0.3 is 12.0 Å². The first-order valence-corrected chi connectivity index (χ1v) is 11.4. The number of guanidine groups is 1. The van der Waals surface area contributed by atoms with E-state index in [-0.39, 0.29) is 17.8 Å². The highest BCUT2D eigenvalue weighted by molar-refractivity contribution is 6.30. The quantitative estimate of drug-likeness (QED) is 0.415.